The zero-order valence-corrected chi connectivity index (χ0v) is 18.2. The molecule has 0 aliphatic heterocycles. The fraction of sp³-hybridized carbons (Fsp3) is 0.737. The molecule has 0 saturated heterocycles. The van der Waals surface area contributed by atoms with Gasteiger partial charge in [-0.15, -0.1) is 0 Å². The molecule has 0 saturated carbocycles. The first-order chi connectivity index (χ1) is 14.4. The number of nitrogens with one attached hydrogen (secondary N) is 3. The Balaban J connectivity index is 5.40. The normalized spacial score (nSPS) is 15.6. The second-order valence-corrected chi connectivity index (χ2v) is 7.49. The van der Waals surface area contributed by atoms with Crippen molar-refractivity contribution in [2.24, 2.45) is 17.4 Å². The van der Waals surface area contributed by atoms with E-state index in [0.29, 0.717) is 25.8 Å². The van der Waals surface area contributed by atoms with E-state index in [9.17, 15) is 24.0 Å². The highest BCUT2D eigenvalue weighted by Crippen LogP contribution is 2.10. The van der Waals surface area contributed by atoms with Gasteiger partial charge in [0.05, 0.1) is 12.5 Å². The number of carboxylic acids is 2. The number of carbonyl (C=O) groups is 5. The molecule has 9 N–H and O–H groups in total. The summed E-state index contributed by atoms with van der Waals surface area (Å²) in [7, 11) is 0. The number of unbranched alkanes of at least 4 members (excludes halogenated alkanes) is 1. The zero-order chi connectivity index (χ0) is 24.1. The standard InChI is InChI=1S/C19H35N5O7/c1-4-10(2)15(24-16(27)12(21)9-14(25)26)18(29)23-13(7-5-6-8-20)17(28)22-11(3)19(30)31/h10-13,15H,4-9,20-21H2,1-3H3,(H,22,28)(H,23,29)(H,24,27)(H,25,26)(H,30,31). The van der Waals surface area contributed by atoms with Crippen molar-refractivity contribution in [2.75, 3.05) is 6.54 Å². The molecule has 178 valence electrons. The van der Waals surface area contributed by atoms with Crippen LogP contribution in [0.5, 0.6) is 0 Å². The molecule has 12 heteroatoms. The van der Waals surface area contributed by atoms with Gasteiger partial charge in [0.1, 0.15) is 18.1 Å². The number of nitrogens with two attached hydrogens (primary N) is 2. The number of carboxylic acid groups (broad SMARTS) is 2. The summed E-state index contributed by atoms with van der Waals surface area (Å²) in [5, 5.41) is 25.1. The molecule has 3 amide bonds. The molecule has 31 heavy (non-hydrogen) atoms. The predicted octanol–water partition coefficient (Wildman–Crippen LogP) is -1.48. The highest BCUT2D eigenvalue weighted by Gasteiger charge is 2.32. The minimum Gasteiger partial charge on any atom is -0.481 e. The zero-order valence-electron chi connectivity index (χ0n) is 18.2. The lowest BCUT2D eigenvalue weighted by atomic mass is 9.97. The third-order valence-corrected chi connectivity index (χ3v) is 4.83. The summed E-state index contributed by atoms with van der Waals surface area (Å²) in [5.74, 6) is -4.94. The van der Waals surface area contributed by atoms with Gasteiger partial charge < -0.3 is 37.6 Å². The highest BCUT2D eigenvalue weighted by molar-refractivity contribution is 5.94. The lowest BCUT2D eigenvalue weighted by molar-refractivity contribution is -0.142. The second kappa shape index (κ2) is 14.3. The Hall–Kier alpha value is -2.73. The Labute approximate surface area is 181 Å². The summed E-state index contributed by atoms with van der Waals surface area (Å²) in [6, 6.07) is -4.58. The van der Waals surface area contributed by atoms with Crippen LogP contribution in [0.4, 0.5) is 0 Å². The van der Waals surface area contributed by atoms with E-state index in [4.69, 9.17) is 21.7 Å². The molecular formula is C19H35N5O7. The minimum absolute atomic E-state index is 0.223. The van der Waals surface area contributed by atoms with E-state index >= 15 is 0 Å². The van der Waals surface area contributed by atoms with E-state index in [1.54, 1.807) is 13.8 Å². The molecule has 0 aromatic rings. The molecule has 12 nitrogen and oxygen atoms in total. The molecule has 0 aliphatic carbocycles. The van der Waals surface area contributed by atoms with E-state index < -0.39 is 60.2 Å². The SMILES string of the molecule is CCC(C)C(NC(=O)C(N)CC(=O)O)C(=O)NC(CCCCN)C(=O)NC(C)C(=O)O. The van der Waals surface area contributed by atoms with Gasteiger partial charge in [0.2, 0.25) is 17.7 Å². The van der Waals surface area contributed by atoms with E-state index in [-0.39, 0.29) is 12.3 Å². The molecule has 0 bridgehead atoms. The molecule has 0 fully saturated rings. The Bertz CT molecular complexity index is 643. The van der Waals surface area contributed by atoms with E-state index in [1.807, 2.05) is 0 Å². The van der Waals surface area contributed by atoms with Crippen LogP contribution in [-0.2, 0) is 24.0 Å². The molecule has 0 aliphatic rings. The molecule has 0 aromatic carbocycles. The van der Waals surface area contributed by atoms with Crippen molar-refractivity contribution < 1.29 is 34.2 Å². The van der Waals surface area contributed by atoms with Gasteiger partial charge in [0, 0.05) is 0 Å². The van der Waals surface area contributed by atoms with Crippen LogP contribution in [0, 0.1) is 5.92 Å². The first-order valence-electron chi connectivity index (χ1n) is 10.3. The van der Waals surface area contributed by atoms with Crippen LogP contribution in [-0.4, -0.2) is 70.6 Å². The summed E-state index contributed by atoms with van der Waals surface area (Å²) in [6.07, 6.45) is 1.25. The molecular weight excluding hydrogens is 410 g/mol. The molecule has 0 spiro atoms. The van der Waals surface area contributed by atoms with Crippen molar-refractivity contribution in [1.82, 2.24) is 16.0 Å². The number of aliphatic carboxylic acids is 2. The fourth-order valence-electron chi connectivity index (χ4n) is 2.64. The van der Waals surface area contributed by atoms with E-state index in [2.05, 4.69) is 16.0 Å². The molecule has 0 rings (SSSR count). The summed E-state index contributed by atoms with van der Waals surface area (Å²) < 4.78 is 0. The van der Waals surface area contributed by atoms with Crippen LogP contribution in [0.2, 0.25) is 0 Å². The maximum Gasteiger partial charge on any atom is 0.325 e. The number of carbonyl (C=O) groups excluding carboxylic acids is 3. The van der Waals surface area contributed by atoms with Crippen molar-refractivity contribution >= 4 is 29.7 Å². The third kappa shape index (κ3) is 10.7. The first-order valence-corrected chi connectivity index (χ1v) is 10.3. The summed E-state index contributed by atoms with van der Waals surface area (Å²) in [6.45, 7) is 5.20. The monoisotopic (exact) mass is 445 g/mol. The second-order valence-electron chi connectivity index (χ2n) is 7.49. The Morgan fingerprint density at radius 2 is 1.52 bits per heavy atom. The van der Waals surface area contributed by atoms with Gasteiger partial charge in [-0.25, -0.2) is 0 Å². The summed E-state index contributed by atoms with van der Waals surface area (Å²) in [4.78, 5) is 59.4. The van der Waals surface area contributed by atoms with Gasteiger partial charge in [-0.3, -0.25) is 24.0 Å². The van der Waals surface area contributed by atoms with Crippen molar-refractivity contribution in [3.8, 4) is 0 Å². The van der Waals surface area contributed by atoms with Crippen molar-refractivity contribution in [2.45, 2.75) is 77.0 Å². The fourth-order valence-corrected chi connectivity index (χ4v) is 2.64. The minimum atomic E-state index is -1.34. The van der Waals surface area contributed by atoms with Crippen LogP contribution in [0.15, 0.2) is 0 Å². The van der Waals surface area contributed by atoms with Gasteiger partial charge in [-0.2, -0.15) is 0 Å². The smallest absolute Gasteiger partial charge is 0.325 e. The summed E-state index contributed by atoms with van der Waals surface area (Å²) >= 11 is 0. The number of hydrogen-bond acceptors (Lipinski definition) is 7. The molecule has 5 atom stereocenters. The molecule has 0 heterocycles. The third-order valence-electron chi connectivity index (χ3n) is 4.83. The van der Waals surface area contributed by atoms with E-state index in [0.717, 1.165) is 0 Å². The van der Waals surface area contributed by atoms with Crippen molar-refractivity contribution in [3.63, 3.8) is 0 Å². The number of rotatable bonds is 15. The Morgan fingerprint density at radius 1 is 0.903 bits per heavy atom. The summed E-state index contributed by atoms with van der Waals surface area (Å²) in [5.41, 5.74) is 11.0. The average Bonchev–Trinajstić information content (AvgIpc) is 2.69. The molecule has 5 unspecified atom stereocenters. The number of amides is 3. The van der Waals surface area contributed by atoms with Gasteiger partial charge in [0.15, 0.2) is 0 Å². The van der Waals surface area contributed by atoms with Crippen LogP contribution < -0.4 is 27.4 Å². The number of hydrogen-bond donors (Lipinski definition) is 7. The van der Waals surface area contributed by atoms with Gasteiger partial charge in [0.25, 0.3) is 0 Å². The van der Waals surface area contributed by atoms with Gasteiger partial charge >= 0.3 is 11.9 Å². The van der Waals surface area contributed by atoms with Crippen LogP contribution in [0.25, 0.3) is 0 Å². The molecule has 0 radical (unpaired) electrons. The van der Waals surface area contributed by atoms with Crippen LogP contribution in [0.1, 0.15) is 52.9 Å². The van der Waals surface area contributed by atoms with Crippen LogP contribution in [0.3, 0.4) is 0 Å². The average molecular weight is 446 g/mol. The Kier molecular flexibility index (Phi) is 13.0. The molecule has 0 aromatic heterocycles. The predicted molar refractivity (Wildman–Crippen MR) is 112 cm³/mol. The largest absolute Gasteiger partial charge is 0.481 e. The van der Waals surface area contributed by atoms with Gasteiger partial charge in [-0.1, -0.05) is 20.3 Å². The van der Waals surface area contributed by atoms with Crippen molar-refractivity contribution in [3.05, 3.63) is 0 Å². The Morgan fingerprint density at radius 3 is 2.00 bits per heavy atom. The maximum atomic E-state index is 12.9. The van der Waals surface area contributed by atoms with Gasteiger partial charge in [-0.05, 0) is 38.6 Å². The first kappa shape index (κ1) is 28.3. The maximum absolute atomic E-state index is 12.9. The topological polar surface area (TPSA) is 214 Å². The van der Waals surface area contributed by atoms with Crippen molar-refractivity contribution in [1.29, 1.82) is 0 Å². The quantitative estimate of drug-likeness (QED) is 0.146. The van der Waals surface area contributed by atoms with E-state index in [1.165, 1.54) is 6.92 Å². The lowest BCUT2D eigenvalue weighted by Gasteiger charge is -2.27. The van der Waals surface area contributed by atoms with Crippen LogP contribution >= 0.6 is 0 Å². The lowest BCUT2D eigenvalue weighted by Crippen LogP contribution is -2.58. The highest BCUT2D eigenvalue weighted by atomic mass is 16.4.